The molecule has 2 aromatic carbocycles. The summed E-state index contributed by atoms with van der Waals surface area (Å²) in [5, 5.41) is 7.74. The lowest BCUT2D eigenvalue weighted by atomic mass is 9.74. The van der Waals surface area contributed by atoms with E-state index >= 15 is 0 Å². The molecule has 0 saturated carbocycles. The van der Waals surface area contributed by atoms with Gasteiger partial charge in [0, 0.05) is 43.8 Å². The summed E-state index contributed by atoms with van der Waals surface area (Å²) < 4.78 is 16.5. The average molecular weight is 558 g/mol. The van der Waals surface area contributed by atoms with Gasteiger partial charge in [0.05, 0.1) is 0 Å². The third-order valence-corrected chi connectivity index (χ3v) is 6.19. The van der Waals surface area contributed by atoms with Gasteiger partial charge in [-0.15, -0.1) is 24.0 Å². The molecule has 0 spiro atoms. The summed E-state index contributed by atoms with van der Waals surface area (Å²) in [6, 6.07) is 14.2. The van der Waals surface area contributed by atoms with Gasteiger partial charge in [-0.05, 0) is 48.6 Å². The predicted molar refractivity (Wildman–Crippen MR) is 134 cm³/mol. The number of hydrogen-bond acceptors (Lipinski definition) is 4. The van der Waals surface area contributed by atoms with Crippen LogP contribution in [0.5, 0.6) is 11.5 Å². The Morgan fingerprint density at radius 1 is 1.06 bits per heavy atom. The number of fused-ring (bicyclic) bond motifs is 1. The van der Waals surface area contributed by atoms with E-state index in [1.807, 2.05) is 24.3 Å². The van der Waals surface area contributed by atoms with Crippen molar-refractivity contribution in [2.75, 3.05) is 40.1 Å². The monoisotopic (exact) mass is 557 g/mol. The Morgan fingerprint density at radius 2 is 1.84 bits per heavy atom. The fraction of sp³-hybridized carbons (Fsp3) is 0.435. The highest BCUT2D eigenvalue weighted by atomic mass is 127. The van der Waals surface area contributed by atoms with Gasteiger partial charge < -0.3 is 24.8 Å². The average Bonchev–Trinajstić information content (AvgIpc) is 3.25. The van der Waals surface area contributed by atoms with Crippen molar-refractivity contribution in [3.63, 3.8) is 0 Å². The van der Waals surface area contributed by atoms with E-state index < -0.39 is 0 Å². The van der Waals surface area contributed by atoms with Crippen LogP contribution in [0.25, 0.3) is 0 Å². The van der Waals surface area contributed by atoms with Crippen LogP contribution in [-0.2, 0) is 16.6 Å². The molecule has 1 saturated heterocycles. The Bertz CT molecular complexity index is 903. The molecule has 0 aliphatic carbocycles. The van der Waals surface area contributed by atoms with E-state index in [-0.39, 0.29) is 29.4 Å². The highest BCUT2D eigenvalue weighted by Gasteiger charge is 2.36. The SMILES string of the molecule is CN=C(NCCc1ccc2c(c1)OCO2)NCC1(c2ccccc2Cl)CCOCC1.I. The number of benzene rings is 2. The highest BCUT2D eigenvalue weighted by molar-refractivity contribution is 14.0. The Balaban J connectivity index is 0.00000272. The van der Waals surface area contributed by atoms with E-state index in [4.69, 9.17) is 25.8 Å². The van der Waals surface area contributed by atoms with E-state index in [2.05, 4.69) is 33.8 Å². The number of halogens is 2. The Labute approximate surface area is 205 Å². The van der Waals surface area contributed by atoms with Gasteiger partial charge in [-0.3, -0.25) is 4.99 Å². The predicted octanol–water partition coefficient (Wildman–Crippen LogP) is 4.14. The summed E-state index contributed by atoms with van der Waals surface area (Å²) >= 11 is 6.55. The molecule has 0 unspecified atom stereocenters. The van der Waals surface area contributed by atoms with Crippen molar-refractivity contribution in [2.24, 2.45) is 4.99 Å². The van der Waals surface area contributed by atoms with Crippen molar-refractivity contribution >= 4 is 41.5 Å². The molecule has 2 N–H and O–H groups in total. The molecule has 31 heavy (non-hydrogen) atoms. The van der Waals surface area contributed by atoms with E-state index in [1.165, 1.54) is 11.1 Å². The van der Waals surface area contributed by atoms with Gasteiger partial charge in [0.25, 0.3) is 0 Å². The Hall–Kier alpha value is -1.71. The summed E-state index contributed by atoms with van der Waals surface area (Å²) in [6.07, 6.45) is 2.72. The molecule has 0 aromatic heterocycles. The third-order valence-electron chi connectivity index (χ3n) is 5.86. The van der Waals surface area contributed by atoms with Crippen molar-refractivity contribution in [1.82, 2.24) is 10.6 Å². The lowest BCUT2D eigenvalue weighted by Gasteiger charge is -2.38. The van der Waals surface area contributed by atoms with E-state index in [9.17, 15) is 0 Å². The summed E-state index contributed by atoms with van der Waals surface area (Å²) in [6.45, 7) is 3.29. The molecule has 0 radical (unpaired) electrons. The zero-order valence-corrected chi connectivity index (χ0v) is 20.7. The fourth-order valence-corrected chi connectivity index (χ4v) is 4.43. The van der Waals surface area contributed by atoms with Crippen molar-refractivity contribution in [3.8, 4) is 11.5 Å². The molecule has 2 aromatic rings. The van der Waals surface area contributed by atoms with Crippen LogP contribution in [0.4, 0.5) is 0 Å². The van der Waals surface area contributed by atoms with Crippen molar-refractivity contribution in [1.29, 1.82) is 0 Å². The van der Waals surface area contributed by atoms with Crippen molar-refractivity contribution in [2.45, 2.75) is 24.7 Å². The minimum absolute atomic E-state index is 0. The first-order valence-electron chi connectivity index (χ1n) is 10.4. The Morgan fingerprint density at radius 3 is 2.61 bits per heavy atom. The largest absolute Gasteiger partial charge is 0.454 e. The molecule has 0 atom stereocenters. The topological polar surface area (TPSA) is 64.1 Å². The second-order valence-electron chi connectivity index (χ2n) is 7.66. The molecular weight excluding hydrogens is 529 g/mol. The number of nitrogens with one attached hydrogen (secondary N) is 2. The molecule has 2 aliphatic heterocycles. The minimum atomic E-state index is -0.0640. The minimum Gasteiger partial charge on any atom is -0.454 e. The van der Waals surface area contributed by atoms with Crippen molar-refractivity contribution < 1.29 is 14.2 Å². The summed E-state index contributed by atoms with van der Waals surface area (Å²) in [5.74, 6) is 2.41. The lowest BCUT2D eigenvalue weighted by Crippen LogP contribution is -2.48. The summed E-state index contributed by atoms with van der Waals surface area (Å²) in [5.41, 5.74) is 2.31. The van der Waals surface area contributed by atoms with Crippen LogP contribution >= 0.6 is 35.6 Å². The quantitative estimate of drug-likeness (QED) is 0.318. The summed E-state index contributed by atoms with van der Waals surface area (Å²) in [4.78, 5) is 4.39. The van der Waals surface area contributed by atoms with Crippen molar-refractivity contribution in [3.05, 3.63) is 58.6 Å². The highest BCUT2D eigenvalue weighted by Crippen LogP contribution is 2.38. The molecule has 2 aliphatic rings. The van der Waals surface area contributed by atoms with Crippen LogP contribution in [0.3, 0.4) is 0 Å². The normalized spacial score (nSPS) is 17.0. The zero-order valence-electron chi connectivity index (χ0n) is 17.7. The van der Waals surface area contributed by atoms with Gasteiger partial charge in [-0.1, -0.05) is 35.9 Å². The van der Waals surface area contributed by atoms with Gasteiger partial charge >= 0.3 is 0 Å². The van der Waals surface area contributed by atoms with Gasteiger partial charge in [-0.25, -0.2) is 0 Å². The molecule has 6 nitrogen and oxygen atoms in total. The maximum absolute atomic E-state index is 6.55. The molecule has 4 rings (SSSR count). The number of rotatable bonds is 6. The van der Waals surface area contributed by atoms with E-state index in [0.29, 0.717) is 6.79 Å². The third kappa shape index (κ3) is 5.75. The molecule has 8 heteroatoms. The van der Waals surface area contributed by atoms with Gasteiger partial charge in [0.2, 0.25) is 6.79 Å². The van der Waals surface area contributed by atoms with Crippen LogP contribution in [0.2, 0.25) is 5.02 Å². The molecule has 2 heterocycles. The number of aliphatic imine (C=N–C) groups is 1. The van der Waals surface area contributed by atoms with Gasteiger partial charge in [-0.2, -0.15) is 0 Å². The van der Waals surface area contributed by atoms with E-state index in [0.717, 1.165) is 68.0 Å². The maximum Gasteiger partial charge on any atom is 0.231 e. The number of guanidine groups is 1. The van der Waals surface area contributed by atoms with Crippen LogP contribution in [0.15, 0.2) is 47.5 Å². The number of nitrogens with zero attached hydrogens (tertiary/aromatic N) is 1. The molecule has 1 fully saturated rings. The molecule has 0 bridgehead atoms. The van der Waals surface area contributed by atoms with Crippen LogP contribution in [0, 0.1) is 0 Å². The molecule has 0 amide bonds. The first kappa shape index (κ1) is 23.9. The maximum atomic E-state index is 6.55. The first-order valence-corrected chi connectivity index (χ1v) is 10.7. The van der Waals surface area contributed by atoms with Crippen LogP contribution in [0.1, 0.15) is 24.0 Å². The van der Waals surface area contributed by atoms with Crippen LogP contribution < -0.4 is 20.1 Å². The zero-order chi connectivity index (χ0) is 20.8. The second-order valence-corrected chi connectivity index (χ2v) is 8.07. The van der Waals surface area contributed by atoms with Gasteiger partial charge in [0.15, 0.2) is 17.5 Å². The standard InChI is InChI=1S/C23H28ClN3O3.HI/c1-25-22(26-11-8-17-6-7-20-21(14-17)30-16-29-20)27-15-23(9-12-28-13-10-23)18-4-2-3-5-19(18)24;/h2-7,14H,8-13,15-16H2,1H3,(H2,25,26,27);1H. The number of hydrogen-bond donors (Lipinski definition) is 2. The van der Waals surface area contributed by atoms with E-state index in [1.54, 1.807) is 7.05 Å². The lowest BCUT2D eigenvalue weighted by molar-refractivity contribution is 0.0514. The second kappa shape index (κ2) is 11.2. The number of ether oxygens (including phenoxy) is 3. The summed E-state index contributed by atoms with van der Waals surface area (Å²) in [7, 11) is 1.79. The van der Waals surface area contributed by atoms with Crippen LogP contribution in [-0.4, -0.2) is 46.1 Å². The van der Waals surface area contributed by atoms with Gasteiger partial charge in [0.1, 0.15) is 0 Å². The molecular formula is C23H29ClIN3O3. The molecule has 168 valence electrons. The fourth-order valence-electron chi connectivity index (χ4n) is 4.09. The Kier molecular flexibility index (Phi) is 8.68. The smallest absolute Gasteiger partial charge is 0.231 e. The first-order chi connectivity index (χ1) is 14.7.